The number of ether oxygens (including phenoxy) is 3. The summed E-state index contributed by atoms with van der Waals surface area (Å²) in [4.78, 5) is 0. The van der Waals surface area contributed by atoms with E-state index in [2.05, 4.69) is 38.4 Å². The zero-order chi connectivity index (χ0) is 23.2. The summed E-state index contributed by atoms with van der Waals surface area (Å²) in [5, 5.41) is 8.90. The summed E-state index contributed by atoms with van der Waals surface area (Å²) in [6, 6.07) is 2.43. The third kappa shape index (κ3) is 9.23. The number of rotatable bonds is 14. The molecule has 0 aromatic rings. The molecule has 5 atom stereocenters. The van der Waals surface area contributed by atoms with Crippen molar-refractivity contribution >= 4 is 8.53 Å². The van der Waals surface area contributed by atoms with Gasteiger partial charge in [0.2, 0.25) is 0 Å². The van der Waals surface area contributed by atoms with E-state index in [1.165, 1.54) is 0 Å². The van der Waals surface area contributed by atoms with Crippen molar-refractivity contribution < 1.29 is 26.0 Å². The van der Waals surface area contributed by atoms with Crippen LogP contribution in [0.15, 0.2) is 24.3 Å². The number of nitrogens with zero attached hydrogens (tertiary/aromatic N) is 2. The van der Waals surface area contributed by atoms with Gasteiger partial charge in [-0.3, -0.25) is 0 Å². The number of methoxy groups -OCH3 is 1. The molecule has 0 spiro atoms. The van der Waals surface area contributed by atoms with Crippen molar-refractivity contribution in [2.24, 2.45) is 0 Å². The third-order valence-electron chi connectivity index (χ3n) is 4.19. The van der Waals surface area contributed by atoms with Crippen molar-refractivity contribution in [1.29, 1.82) is 5.26 Å². The second-order valence-corrected chi connectivity index (χ2v) is 8.55. The molecule has 1 heterocycles. The minimum Gasteiger partial charge on any atom is -0.382 e. The van der Waals surface area contributed by atoms with Crippen LogP contribution < -0.4 is 0 Å². The number of allylic oxidation sites excluding steroid dienone is 3. The van der Waals surface area contributed by atoms with Crippen LogP contribution in [0.2, 0.25) is 0 Å². The Morgan fingerprint density at radius 1 is 1.38 bits per heavy atom. The van der Waals surface area contributed by atoms with Gasteiger partial charge in [0.25, 0.3) is 8.53 Å². The molecule has 8 heteroatoms. The summed E-state index contributed by atoms with van der Waals surface area (Å²) in [5.41, 5.74) is 0. The lowest BCUT2D eigenvalue weighted by Crippen LogP contribution is -2.40. The van der Waals surface area contributed by atoms with Crippen LogP contribution in [0.3, 0.4) is 0 Å². The minimum atomic E-state index is -1.49. The maximum Gasteiger partial charge on any atom is 0.259 e. The van der Waals surface area contributed by atoms with Crippen LogP contribution >= 0.6 is 8.53 Å². The standard InChI is InChI=1S/C21H37N2O5P/c1-7-8-9-10-13-25-20-16-26-19(15-24-6)21(20)28-29(27-14-11-12-22)23(17(2)3)18(4)5/h7-10,17-21H,11,13-16H2,1-6H3/b8-7+,10-9+/t19-,20?,21+,29?/m1/s1/i6TD/t6?,19-,20?,21+,29?. The zero-order valence-corrected chi connectivity index (χ0v) is 19.1. The van der Waals surface area contributed by atoms with Crippen molar-refractivity contribution in [2.45, 2.75) is 71.4 Å². The van der Waals surface area contributed by atoms with Gasteiger partial charge in [-0.15, -0.1) is 0 Å². The SMILES string of the molecule is [2H]C([3H])OC[C@H]1OCC(OC/C=C/C=C/C)[C@H]1OP(OCCC#N)N(C(C)C)C(C)C. The Labute approximate surface area is 180 Å². The molecule has 1 rings (SSSR count). The Hall–Kier alpha value is -0.840. The molecule has 3 unspecified atom stereocenters. The fraction of sp³-hybridized carbons (Fsp3) is 0.762. The highest BCUT2D eigenvalue weighted by Crippen LogP contribution is 2.48. The van der Waals surface area contributed by atoms with Gasteiger partial charge in [0.1, 0.15) is 18.3 Å². The predicted octanol–water partition coefficient (Wildman–Crippen LogP) is 4.21. The topological polar surface area (TPSA) is 73.2 Å². The van der Waals surface area contributed by atoms with Gasteiger partial charge in [0.05, 0.1) is 41.7 Å². The first-order chi connectivity index (χ1) is 14.8. The van der Waals surface area contributed by atoms with E-state index in [1.807, 2.05) is 31.2 Å². The number of hydrogen-bond donors (Lipinski definition) is 0. The molecule has 1 aliphatic heterocycles. The Kier molecular flexibility index (Phi) is 11.8. The highest BCUT2D eigenvalue weighted by Gasteiger charge is 2.43. The molecule has 0 bridgehead atoms. The summed E-state index contributed by atoms with van der Waals surface area (Å²) < 4.78 is 46.2. The quantitative estimate of drug-likeness (QED) is 0.232. The molecule has 0 N–H and O–H groups in total. The molecule has 0 aliphatic carbocycles. The van der Waals surface area contributed by atoms with Crippen LogP contribution in [0.1, 0.15) is 43.8 Å². The van der Waals surface area contributed by atoms with Gasteiger partial charge in [0.15, 0.2) is 0 Å². The fourth-order valence-corrected chi connectivity index (χ4v) is 4.77. The van der Waals surface area contributed by atoms with E-state index in [1.54, 1.807) is 0 Å². The molecule has 0 saturated carbocycles. The predicted molar refractivity (Wildman–Crippen MR) is 115 cm³/mol. The maximum absolute atomic E-state index is 8.90. The van der Waals surface area contributed by atoms with E-state index in [4.69, 9.17) is 31.3 Å². The van der Waals surface area contributed by atoms with Crippen molar-refractivity contribution in [3.63, 3.8) is 0 Å². The van der Waals surface area contributed by atoms with Crippen LogP contribution in [0, 0.1) is 11.3 Å². The first-order valence-corrected chi connectivity index (χ1v) is 11.2. The third-order valence-corrected chi connectivity index (χ3v) is 6.32. The molecule has 1 saturated heterocycles. The van der Waals surface area contributed by atoms with Crippen LogP contribution in [0.5, 0.6) is 0 Å². The van der Waals surface area contributed by atoms with Crippen molar-refractivity contribution in [3.05, 3.63) is 24.3 Å². The summed E-state index contributed by atoms with van der Waals surface area (Å²) in [6.07, 6.45) is 6.65. The zero-order valence-electron chi connectivity index (χ0n) is 20.2. The second kappa shape index (κ2) is 15.0. The monoisotopic (exact) mass is 431 g/mol. The van der Waals surface area contributed by atoms with Gasteiger partial charge in [-0.1, -0.05) is 24.3 Å². The van der Waals surface area contributed by atoms with Crippen LogP contribution in [0.25, 0.3) is 0 Å². The lowest BCUT2D eigenvalue weighted by molar-refractivity contribution is -0.0228. The minimum absolute atomic E-state index is 0.0569. The summed E-state index contributed by atoms with van der Waals surface area (Å²) in [7, 11) is -2.88. The van der Waals surface area contributed by atoms with Gasteiger partial charge in [-0.05, 0) is 34.6 Å². The van der Waals surface area contributed by atoms with E-state index in [0.717, 1.165) is 0 Å². The molecule has 0 amide bonds. The molecule has 0 aromatic heterocycles. The van der Waals surface area contributed by atoms with E-state index in [9.17, 15) is 0 Å². The molecule has 1 aliphatic rings. The van der Waals surface area contributed by atoms with Crippen molar-refractivity contribution in [1.82, 2.24) is 4.67 Å². The first-order valence-electron chi connectivity index (χ1n) is 11.2. The second-order valence-electron chi connectivity index (χ2n) is 7.15. The molecule has 0 aromatic carbocycles. The van der Waals surface area contributed by atoms with E-state index in [0.29, 0.717) is 13.2 Å². The fourth-order valence-electron chi connectivity index (χ4n) is 2.99. The van der Waals surface area contributed by atoms with E-state index < -0.39 is 27.8 Å². The Morgan fingerprint density at radius 2 is 2.14 bits per heavy atom. The molecule has 29 heavy (non-hydrogen) atoms. The normalized spacial score (nSPS) is 25.8. The average molecular weight is 432 g/mol. The number of hydrogen-bond acceptors (Lipinski definition) is 7. The van der Waals surface area contributed by atoms with Crippen molar-refractivity contribution in [2.75, 3.05) is 33.5 Å². The Morgan fingerprint density at radius 3 is 2.76 bits per heavy atom. The largest absolute Gasteiger partial charge is 0.382 e. The van der Waals surface area contributed by atoms with Crippen LogP contribution in [0.4, 0.5) is 0 Å². The van der Waals surface area contributed by atoms with Crippen LogP contribution in [-0.2, 0) is 23.3 Å². The maximum atomic E-state index is 8.90. The summed E-state index contributed by atoms with van der Waals surface area (Å²) >= 11 is 0. The number of nitriles is 1. The molecule has 0 radical (unpaired) electrons. The lowest BCUT2D eigenvalue weighted by atomic mass is 10.1. The highest BCUT2D eigenvalue weighted by molar-refractivity contribution is 7.44. The van der Waals surface area contributed by atoms with E-state index in [-0.39, 0.29) is 37.8 Å². The van der Waals surface area contributed by atoms with Crippen molar-refractivity contribution in [3.8, 4) is 6.07 Å². The average Bonchev–Trinajstić information content (AvgIpc) is 3.07. The molecule has 166 valence electrons. The first kappa shape index (κ1) is 22.8. The summed E-state index contributed by atoms with van der Waals surface area (Å²) in [5.74, 6) is 0. The Balaban J connectivity index is 2.98. The molecular formula is C21H37N2O5P. The van der Waals surface area contributed by atoms with E-state index >= 15 is 0 Å². The highest BCUT2D eigenvalue weighted by atomic mass is 31.2. The van der Waals surface area contributed by atoms with Crippen LogP contribution in [-0.4, -0.2) is 68.6 Å². The van der Waals surface area contributed by atoms with Gasteiger partial charge < -0.3 is 23.3 Å². The molecule has 7 nitrogen and oxygen atoms in total. The lowest BCUT2D eigenvalue weighted by Gasteiger charge is -2.38. The molecular weight excluding hydrogens is 391 g/mol. The van der Waals surface area contributed by atoms with Gasteiger partial charge in [0, 0.05) is 19.1 Å². The Bertz CT molecular complexity index is 579. The molecule has 1 fully saturated rings. The van der Waals surface area contributed by atoms with Gasteiger partial charge in [-0.2, -0.15) is 5.26 Å². The smallest absolute Gasteiger partial charge is 0.259 e. The summed E-state index contributed by atoms with van der Waals surface area (Å²) in [6.45, 7) is 11.3. The van der Waals surface area contributed by atoms with Gasteiger partial charge >= 0.3 is 0 Å². The van der Waals surface area contributed by atoms with Gasteiger partial charge in [-0.25, -0.2) is 4.67 Å².